The molecule has 0 bridgehead atoms. The molecule has 152 valence electrons. The quantitative estimate of drug-likeness (QED) is 0.806. The maximum absolute atomic E-state index is 13.7. The minimum absolute atomic E-state index is 0.0220. The Kier molecular flexibility index (Phi) is 6.15. The van der Waals surface area contributed by atoms with Gasteiger partial charge in [-0.25, -0.2) is 12.8 Å². The fourth-order valence-electron chi connectivity index (χ4n) is 3.28. The first-order valence-corrected chi connectivity index (χ1v) is 10.4. The van der Waals surface area contributed by atoms with Crippen molar-refractivity contribution >= 4 is 21.6 Å². The van der Waals surface area contributed by atoms with Crippen LogP contribution in [0.25, 0.3) is 0 Å². The van der Waals surface area contributed by atoms with Gasteiger partial charge in [-0.15, -0.1) is 0 Å². The van der Waals surface area contributed by atoms with Gasteiger partial charge in [0, 0.05) is 18.8 Å². The lowest BCUT2D eigenvalue weighted by Crippen LogP contribution is -2.43. The lowest BCUT2D eigenvalue weighted by molar-refractivity contribution is -0.120. The van der Waals surface area contributed by atoms with Crippen molar-refractivity contribution in [2.45, 2.75) is 17.7 Å². The summed E-state index contributed by atoms with van der Waals surface area (Å²) >= 11 is 0. The molecule has 1 N–H and O–H groups in total. The molecule has 0 unspecified atom stereocenters. The van der Waals surface area contributed by atoms with Crippen molar-refractivity contribution in [3.05, 3.63) is 53.8 Å². The second kappa shape index (κ2) is 8.59. The zero-order chi connectivity index (χ0) is 21.0. The lowest BCUT2D eigenvalue weighted by atomic mass is 9.98. The third kappa shape index (κ3) is 4.55. The summed E-state index contributed by atoms with van der Waals surface area (Å²) in [6.45, 7) is 0.210. The molecule has 1 amide bonds. The highest BCUT2D eigenvalue weighted by atomic mass is 32.2. The maximum Gasteiger partial charge on any atom is 0.246 e. The van der Waals surface area contributed by atoms with Crippen LogP contribution < -0.4 is 10.1 Å². The number of nitriles is 1. The lowest BCUT2D eigenvalue weighted by Gasteiger charge is -2.31. The van der Waals surface area contributed by atoms with Crippen molar-refractivity contribution in [1.82, 2.24) is 4.31 Å². The molecule has 0 spiro atoms. The number of amides is 1. The van der Waals surface area contributed by atoms with Gasteiger partial charge in [0.25, 0.3) is 0 Å². The molecule has 9 heteroatoms. The second-order valence-electron chi connectivity index (χ2n) is 6.68. The summed E-state index contributed by atoms with van der Waals surface area (Å²) in [7, 11) is -2.72. The molecule has 0 aromatic heterocycles. The molecular formula is C20H20FN3O4S. The number of rotatable bonds is 5. The van der Waals surface area contributed by atoms with E-state index in [1.54, 1.807) is 24.3 Å². The number of methoxy groups -OCH3 is 1. The van der Waals surface area contributed by atoms with Crippen LogP contribution in [0.1, 0.15) is 18.4 Å². The van der Waals surface area contributed by atoms with Crippen LogP contribution in [0.15, 0.2) is 47.4 Å². The molecule has 1 aliphatic heterocycles. The van der Waals surface area contributed by atoms with Gasteiger partial charge in [-0.2, -0.15) is 9.57 Å². The fraction of sp³-hybridized carbons (Fsp3) is 0.300. The van der Waals surface area contributed by atoms with E-state index in [0.29, 0.717) is 24.1 Å². The Balaban J connectivity index is 1.78. The predicted molar refractivity (Wildman–Crippen MR) is 104 cm³/mol. The molecule has 1 saturated heterocycles. The third-order valence-corrected chi connectivity index (χ3v) is 6.64. The number of benzene rings is 2. The summed E-state index contributed by atoms with van der Waals surface area (Å²) in [5.41, 5.74) is 0.884. The van der Waals surface area contributed by atoms with Gasteiger partial charge in [0.15, 0.2) is 0 Å². The summed E-state index contributed by atoms with van der Waals surface area (Å²) in [6, 6.07) is 11.8. The number of nitrogens with zero attached hydrogens (tertiary/aromatic N) is 2. The highest BCUT2D eigenvalue weighted by Gasteiger charge is 2.35. The number of ether oxygens (including phenoxy) is 1. The van der Waals surface area contributed by atoms with Gasteiger partial charge in [0.1, 0.15) is 16.5 Å². The zero-order valence-electron chi connectivity index (χ0n) is 15.8. The molecule has 1 aliphatic rings. The van der Waals surface area contributed by atoms with E-state index >= 15 is 0 Å². The topological polar surface area (TPSA) is 99.5 Å². The van der Waals surface area contributed by atoms with Crippen LogP contribution >= 0.6 is 0 Å². The minimum atomic E-state index is -4.03. The van der Waals surface area contributed by atoms with E-state index in [0.717, 1.165) is 12.1 Å². The van der Waals surface area contributed by atoms with Gasteiger partial charge in [-0.1, -0.05) is 6.07 Å². The number of nitrogens with one attached hydrogen (secondary N) is 1. The van der Waals surface area contributed by atoms with E-state index in [2.05, 4.69) is 5.32 Å². The molecule has 0 saturated carbocycles. The average molecular weight is 417 g/mol. The Morgan fingerprint density at radius 2 is 2.10 bits per heavy atom. The molecule has 7 nitrogen and oxygen atoms in total. The standard InChI is InChI=1S/C20H20FN3O4S/c1-28-18-8-7-16(21)11-19(18)29(26,27)24-9-3-5-15(13-24)20(25)23-17-6-2-4-14(10-17)12-22/h2,4,6-8,10-11,15H,3,5,9,13H2,1H3,(H,23,25)/t15-/m0/s1. The molecule has 0 aliphatic carbocycles. The first-order chi connectivity index (χ1) is 13.8. The normalized spacial score (nSPS) is 17.3. The van der Waals surface area contributed by atoms with Crippen LogP contribution in [0.4, 0.5) is 10.1 Å². The molecule has 2 aromatic carbocycles. The van der Waals surface area contributed by atoms with Crippen molar-refractivity contribution in [3.8, 4) is 11.8 Å². The zero-order valence-corrected chi connectivity index (χ0v) is 16.6. The summed E-state index contributed by atoms with van der Waals surface area (Å²) in [6.07, 6.45) is 1.02. The Labute approximate surface area is 168 Å². The van der Waals surface area contributed by atoms with Crippen molar-refractivity contribution in [3.63, 3.8) is 0 Å². The van der Waals surface area contributed by atoms with E-state index in [1.807, 2.05) is 6.07 Å². The number of carbonyl (C=O) groups is 1. The minimum Gasteiger partial charge on any atom is -0.495 e. The molecule has 1 heterocycles. The second-order valence-corrected chi connectivity index (χ2v) is 8.59. The van der Waals surface area contributed by atoms with Crippen molar-refractivity contribution in [2.75, 3.05) is 25.5 Å². The van der Waals surface area contributed by atoms with Gasteiger partial charge >= 0.3 is 0 Å². The molecule has 0 radical (unpaired) electrons. The Morgan fingerprint density at radius 1 is 1.31 bits per heavy atom. The van der Waals surface area contributed by atoms with E-state index in [1.165, 1.54) is 17.5 Å². The van der Waals surface area contributed by atoms with E-state index in [-0.39, 0.29) is 29.6 Å². The monoisotopic (exact) mass is 417 g/mol. The number of piperidine rings is 1. The largest absolute Gasteiger partial charge is 0.495 e. The number of anilines is 1. The molecule has 1 fully saturated rings. The van der Waals surface area contributed by atoms with Crippen LogP contribution in [-0.2, 0) is 14.8 Å². The number of sulfonamides is 1. The van der Waals surface area contributed by atoms with Crippen molar-refractivity contribution in [2.24, 2.45) is 5.92 Å². The summed E-state index contributed by atoms with van der Waals surface area (Å²) in [4.78, 5) is 12.4. The Bertz CT molecular complexity index is 1070. The van der Waals surface area contributed by atoms with Gasteiger partial charge in [0.05, 0.1) is 24.7 Å². The molecule has 1 atom stereocenters. The highest BCUT2D eigenvalue weighted by Crippen LogP contribution is 2.30. The van der Waals surface area contributed by atoms with Gasteiger partial charge in [-0.3, -0.25) is 4.79 Å². The molecular weight excluding hydrogens is 397 g/mol. The van der Waals surface area contributed by atoms with E-state index in [4.69, 9.17) is 10.00 Å². The maximum atomic E-state index is 13.7. The first kappa shape index (κ1) is 20.8. The number of hydrogen-bond acceptors (Lipinski definition) is 5. The van der Waals surface area contributed by atoms with Crippen LogP contribution in [0.2, 0.25) is 0 Å². The number of hydrogen-bond donors (Lipinski definition) is 1. The summed E-state index contributed by atoms with van der Waals surface area (Å²) < 4.78 is 46.0. The molecule has 29 heavy (non-hydrogen) atoms. The van der Waals surface area contributed by atoms with E-state index in [9.17, 15) is 17.6 Å². The fourth-order valence-corrected chi connectivity index (χ4v) is 4.97. The average Bonchev–Trinajstić information content (AvgIpc) is 2.74. The van der Waals surface area contributed by atoms with Crippen LogP contribution in [-0.4, -0.2) is 38.8 Å². The van der Waals surface area contributed by atoms with Crippen molar-refractivity contribution < 1.29 is 22.3 Å². The first-order valence-electron chi connectivity index (χ1n) is 9.00. The molecule has 3 rings (SSSR count). The predicted octanol–water partition coefficient (Wildman–Crippen LogP) is 2.75. The third-order valence-electron chi connectivity index (χ3n) is 4.76. The van der Waals surface area contributed by atoms with Crippen LogP contribution in [0.5, 0.6) is 5.75 Å². The van der Waals surface area contributed by atoms with Gasteiger partial charge in [0.2, 0.25) is 15.9 Å². The van der Waals surface area contributed by atoms with E-state index < -0.39 is 21.8 Å². The van der Waals surface area contributed by atoms with Gasteiger partial charge in [-0.05, 0) is 49.2 Å². The highest BCUT2D eigenvalue weighted by molar-refractivity contribution is 7.89. The SMILES string of the molecule is COc1ccc(F)cc1S(=O)(=O)N1CCC[C@H](C(=O)Nc2cccc(C#N)c2)C1. The molecule has 2 aromatic rings. The smallest absolute Gasteiger partial charge is 0.246 e. The van der Waals surface area contributed by atoms with Crippen LogP contribution in [0.3, 0.4) is 0 Å². The van der Waals surface area contributed by atoms with Gasteiger partial charge < -0.3 is 10.1 Å². The summed E-state index contributed by atoms with van der Waals surface area (Å²) in [5, 5.41) is 11.7. The van der Waals surface area contributed by atoms with Crippen molar-refractivity contribution in [1.29, 1.82) is 5.26 Å². The number of carbonyl (C=O) groups excluding carboxylic acids is 1. The number of halogens is 1. The Morgan fingerprint density at radius 3 is 2.83 bits per heavy atom. The Hall–Kier alpha value is -2.96. The summed E-state index contributed by atoms with van der Waals surface area (Å²) in [5.74, 6) is -1.53. The van der Waals surface area contributed by atoms with Crippen LogP contribution in [0, 0.1) is 23.1 Å².